The van der Waals surface area contributed by atoms with Gasteiger partial charge < -0.3 is 10.0 Å². The van der Waals surface area contributed by atoms with E-state index >= 15 is 0 Å². The molecule has 3 heteroatoms. The average molecular weight is 233 g/mol. The number of carboxylic acid groups (broad SMARTS) is 1. The third-order valence-electron chi connectivity index (χ3n) is 3.55. The summed E-state index contributed by atoms with van der Waals surface area (Å²) in [5.74, 6) is -0.836. The summed E-state index contributed by atoms with van der Waals surface area (Å²) in [7, 11) is 0. The van der Waals surface area contributed by atoms with E-state index in [1.54, 1.807) is 12.1 Å². The molecule has 0 heterocycles. The van der Waals surface area contributed by atoms with E-state index in [0.29, 0.717) is 11.6 Å². The van der Waals surface area contributed by atoms with Crippen molar-refractivity contribution in [3.8, 4) is 0 Å². The predicted octanol–water partition coefficient (Wildman–Crippen LogP) is 3.15. The Morgan fingerprint density at radius 1 is 1.35 bits per heavy atom. The smallest absolute Gasteiger partial charge is 0.337 e. The highest BCUT2D eigenvalue weighted by Crippen LogP contribution is 2.30. The normalized spacial score (nSPS) is 16.1. The van der Waals surface area contributed by atoms with Crippen molar-refractivity contribution in [1.29, 1.82) is 0 Å². The lowest BCUT2D eigenvalue weighted by Gasteiger charge is -2.31. The van der Waals surface area contributed by atoms with Crippen molar-refractivity contribution < 1.29 is 9.90 Å². The molecule has 0 saturated heterocycles. The van der Waals surface area contributed by atoms with Crippen LogP contribution in [0.15, 0.2) is 24.3 Å². The fraction of sp³-hybridized carbons (Fsp3) is 0.500. The van der Waals surface area contributed by atoms with Crippen LogP contribution in [0.5, 0.6) is 0 Å². The van der Waals surface area contributed by atoms with Gasteiger partial charge in [-0.3, -0.25) is 0 Å². The van der Waals surface area contributed by atoms with Crippen molar-refractivity contribution >= 4 is 11.7 Å². The molecule has 0 bridgehead atoms. The van der Waals surface area contributed by atoms with E-state index in [1.165, 1.54) is 25.7 Å². The summed E-state index contributed by atoms with van der Waals surface area (Å²) in [6.45, 7) is 2.96. The Morgan fingerprint density at radius 3 is 2.59 bits per heavy atom. The Morgan fingerprint density at radius 2 is 2.00 bits per heavy atom. The van der Waals surface area contributed by atoms with Crippen LogP contribution in [0, 0.1) is 0 Å². The van der Waals surface area contributed by atoms with Crippen LogP contribution in [0.2, 0.25) is 0 Å². The Balaban J connectivity index is 2.32. The van der Waals surface area contributed by atoms with Crippen LogP contribution in [0.25, 0.3) is 0 Å². The Kier molecular flexibility index (Phi) is 3.67. The second-order valence-corrected chi connectivity index (χ2v) is 4.55. The van der Waals surface area contributed by atoms with E-state index < -0.39 is 5.97 Å². The monoisotopic (exact) mass is 233 g/mol. The molecule has 0 spiro atoms. The minimum atomic E-state index is -0.836. The summed E-state index contributed by atoms with van der Waals surface area (Å²) in [6.07, 6.45) is 4.89. The summed E-state index contributed by atoms with van der Waals surface area (Å²) in [6, 6.07) is 7.83. The molecule has 3 nitrogen and oxygen atoms in total. The number of carboxylic acids is 1. The highest BCUT2D eigenvalue weighted by atomic mass is 16.4. The molecule has 1 N–H and O–H groups in total. The summed E-state index contributed by atoms with van der Waals surface area (Å²) in [5.41, 5.74) is 1.29. The van der Waals surface area contributed by atoms with E-state index in [0.717, 1.165) is 12.2 Å². The summed E-state index contributed by atoms with van der Waals surface area (Å²) in [5, 5.41) is 9.23. The SMILES string of the molecule is CCN(c1ccccc1C(=O)O)C1CCCC1. The first-order valence-corrected chi connectivity index (χ1v) is 6.33. The molecule has 1 fully saturated rings. The van der Waals surface area contributed by atoms with Gasteiger partial charge >= 0.3 is 5.97 Å². The van der Waals surface area contributed by atoms with E-state index in [4.69, 9.17) is 0 Å². The van der Waals surface area contributed by atoms with Crippen LogP contribution in [-0.2, 0) is 0 Å². The van der Waals surface area contributed by atoms with Crippen LogP contribution in [-0.4, -0.2) is 23.7 Å². The highest BCUT2D eigenvalue weighted by Gasteiger charge is 2.24. The lowest BCUT2D eigenvalue weighted by molar-refractivity contribution is 0.0697. The van der Waals surface area contributed by atoms with Gasteiger partial charge in [-0.1, -0.05) is 25.0 Å². The molecule has 2 rings (SSSR count). The second-order valence-electron chi connectivity index (χ2n) is 4.55. The number of aromatic carboxylic acids is 1. The summed E-state index contributed by atoms with van der Waals surface area (Å²) < 4.78 is 0. The van der Waals surface area contributed by atoms with E-state index in [-0.39, 0.29) is 0 Å². The quantitative estimate of drug-likeness (QED) is 0.868. The zero-order valence-electron chi connectivity index (χ0n) is 10.2. The number of nitrogens with zero attached hydrogens (tertiary/aromatic N) is 1. The second kappa shape index (κ2) is 5.21. The molecule has 1 saturated carbocycles. The molecule has 1 aliphatic rings. The maximum atomic E-state index is 11.2. The van der Waals surface area contributed by atoms with Gasteiger partial charge in [-0.15, -0.1) is 0 Å². The van der Waals surface area contributed by atoms with E-state index in [9.17, 15) is 9.90 Å². The third-order valence-corrected chi connectivity index (χ3v) is 3.55. The number of hydrogen-bond donors (Lipinski definition) is 1. The zero-order chi connectivity index (χ0) is 12.3. The van der Waals surface area contributed by atoms with Gasteiger partial charge in [-0.25, -0.2) is 4.79 Å². The lowest BCUT2D eigenvalue weighted by atomic mass is 10.1. The van der Waals surface area contributed by atoms with Gasteiger partial charge in [0.25, 0.3) is 0 Å². The molecule has 1 aromatic carbocycles. The van der Waals surface area contributed by atoms with Crippen molar-refractivity contribution in [2.45, 2.75) is 38.6 Å². The molecule has 92 valence electrons. The Bertz CT molecular complexity index is 397. The standard InChI is InChI=1S/C14H19NO2/c1-2-15(11-7-3-4-8-11)13-10-6-5-9-12(13)14(16)17/h5-6,9-11H,2-4,7-8H2,1H3,(H,16,17). The van der Waals surface area contributed by atoms with Crippen molar-refractivity contribution in [3.63, 3.8) is 0 Å². The van der Waals surface area contributed by atoms with Gasteiger partial charge in [0, 0.05) is 12.6 Å². The minimum absolute atomic E-state index is 0.418. The van der Waals surface area contributed by atoms with E-state index in [1.807, 2.05) is 12.1 Å². The third kappa shape index (κ3) is 2.43. The van der Waals surface area contributed by atoms with Gasteiger partial charge in [0.05, 0.1) is 11.3 Å². The molecule has 1 aliphatic carbocycles. The van der Waals surface area contributed by atoms with Crippen LogP contribution < -0.4 is 4.90 Å². The first kappa shape index (κ1) is 12.0. The number of hydrogen-bond acceptors (Lipinski definition) is 2. The van der Waals surface area contributed by atoms with Crippen molar-refractivity contribution in [2.24, 2.45) is 0 Å². The topological polar surface area (TPSA) is 40.5 Å². The van der Waals surface area contributed by atoms with Crippen LogP contribution in [0.3, 0.4) is 0 Å². The molecule has 0 aromatic heterocycles. The number of anilines is 1. The first-order valence-electron chi connectivity index (χ1n) is 6.33. The molecule has 1 aromatic rings. The minimum Gasteiger partial charge on any atom is -0.478 e. The highest BCUT2D eigenvalue weighted by molar-refractivity contribution is 5.94. The summed E-state index contributed by atoms with van der Waals surface area (Å²) in [4.78, 5) is 13.5. The molecule has 0 amide bonds. The Labute approximate surface area is 102 Å². The average Bonchev–Trinajstić information content (AvgIpc) is 2.84. The Hall–Kier alpha value is -1.51. The first-order chi connectivity index (χ1) is 8.24. The van der Waals surface area contributed by atoms with Gasteiger partial charge in [0.15, 0.2) is 0 Å². The lowest BCUT2D eigenvalue weighted by Crippen LogP contribution is -2.34. The molecule has 0 aliphatic heterocycles. The van der Waals surface area contributed by atoms with Gasteiger partial charge in [0.2, 0.25) is 0 Å². The fourth-order valence-corrected chi connectivity index (χ4v) is 2.75. The molecule has 0 radical (unpaired) electrons. The molecule has 0 unspecified atom stereocenters. The van der Waals surface area contributed by atoms with Crippen LogP contribution in [0.4, 0.5) is 5.69 Å². The fourth-order valence-electron chi connectivity index (χ4n) is 2.75. The molecule has 17 heavy (non-hydrogen) atoms. The maximum absolute atomic E-state index is 11.2. The van der Waals surface area contributed by atoms with E-state index in [2.05, 4.69) is 11.8 Å². The van der Waals surface area contributed by atoms with Gasteiger partial charge in [-0.2, -0.15) is 0 Å². The maximum Gasteiger partial charge on any atom is 0.337 e. The number of rotatable bonds is 4. The molecular formula is C14H19NO2. The van der Waals surface area contributed by atoms with Crippen molar-refractivity contribution in [3.05, 3.63) is 29.8 Å². The number of para-hydroxylation sites is 1. The summed E-state index contributed by atoms with van der Waals surface area (Å²) >= 11 is 0. The van der Waals surface area contributed by atoms with Crippen LogP contribution >= 0.6 is 0 Å². The largest absolute Gasteiger partial charge is 0.478 e. The van der Waals surface area contributed by atoms with Gasteiger partial charge in [0.1, 0.15) is 0 Å². The van der Waals surface area contributed by atoms with Gasteiger partial charge in [-0.05, 0) is 31.9 Å². The predicted molar refractivity (Wildman–Crippen MR) is 68.7 cm³/mol. The van der Waals surface area contributed by atoms with Crippen molar-refractivity contribution in [1.82, 2.24) is 0 Å². The number of carbonyl (C=O) groups is 1. The zero-order valence-corrected chi connectivity index (χ0v) is 10.2. The molecular weight excluding hydrogens is 214 g/mol. The number of benzene rings is 1. The van der Waals surface area contributed by atoms with Crippen molar-refractivity contribution in [2.75, 3.05) is 11.4 Å². The molecule has 0 atom stereocenters. The van der Waals surface area contributed by atoms with Crippen LogP contribution in [0.1, 0.15) is 43.0 Å².